The lowest BCUT2D eigenvalue weighted by atomic mass is 10.1. The maximum absolute atomic E-state index is 11.9. The minimum Gasteiger partial charge on any atom is -0.352 e. The maximum Gasteiger partial charge on any atom is 0.227 e. The molecule has 1 aromatic heterocycles. The summed E-state index contributed by atoms with van der Waals surface area (Å²) in [5, 5.41) is 9.93. The number of thiophene rings is 1. The SMILES string of the molecule is CCC(C)C(=O)Nc1cccc(CNC(=O)CCc2ccsc2)c1. The van der Waals surface area contributed by atoms with Gasteiger partial charge in [0.25, 0.3) is 0 Å². The van der Waals surface area contributed by atoms with Crippen LogP contribution < -0.4 is 10.6 Å². The van der Waals surface area contributed by atoms with Crippen molar-refractivity contribution in [3.8, 4) is 0 Å². The van der Waals surface area contributed by atoms with Crippen LogP contribution in [0, 0.1) is 5.92 Å². The lowest BCUT2D eigenvalue weighted by Gasteiger charge is -2.11. The van der Waals surface area contributed by atoms with Crippen LogP contribution in [0.2, 0.25) is 0 Å². The molecular weight excluding hydrogens is 320 g/mol. The van der Waals surface area contributed by atoms with Gasteiger partial charge in [0.1, 0.15) is 0 Å². The summed E-state index contributed by atoms with van der Waals surface area (Å²) in [4.78, 5) is 23.9. The van der Waals surface area contributed by atoms with Gasteiger partial charge in [-0.25, -0.2) is 0 Å². The van der Waals surface area contributed by atoms with Gasteiger partial charge in [0, 0.05) is 24.6 Å². The van der Waals surface area contributed by atoms with E-state index >= 15 is 0 Å². The molecule has 24 heavy (non-hydrogen) atoms. The fraction of sp³-hybridized carbons (Fsp3) is 0.368. The van der Waals surface area contributed by atoms with Crippen LogP contribution in [0.4, 0.5) is 5.69 Å². The molecule has 0 saturated heterocycles. The summed E-state index contributed by atoms with van der Waals surface area (Å²) >= 11 is 1.65. The third-order valence-corrected chi connectivity index (χ3v) is 4.70. The van der Waals surface area contributed by atoms with Crippen LogP contribution >= 0.6 is 11.3 Å². The highest BCUT2D eigenvalue weighted by molar-refractivity contribution is 7.07. The molecule has 2 N–H and O–H groups in total. The number of hydrogen-bond acceptors (Lipinski definition) is 3. The topological polar surface area (TPSA) is 58.2 Å². The fourth-order valence-electron chi connectivity index (χ4n) is 2.19. The van der Waals surface area contributed by atoms with Crippen LogP contribution in [0.1, 0.15) is 37.8 Å². The number of carbonyl (C=O) groups is 2. The maximum atomic E-state index is 11.9. The van der Waals surface area contributed by atoms with Crippen molar-refractivity contribution in [3.63, 3.8) is 0 Å². The lowest BCUT2D eigenvalue weighted by Crippen LogP contribution is -2.23. The zero-order valence-electron chi connectivity index (χ0n) is 14.2. The van der Waals surface area contributed by atoms with Crippen LogP contribution in [0.3, 0.4) is 0 Å². The highest BCUT2D eigenvalue weighted by Crippen LogP contribution is 2.13. The normalized spacial score (nSPS) is 11.8. The van der Waals surface area contributed by atoms with Crippen molar-refractivity contribution in [2.75, 3.05) is 5.32 Å². The zero-order chi connectivity index (χ0) is 17.4. The van der Waals surface area contributed by atoms with Crippen LogP contribution in [0.15, 0.2) is 41.1 Å². The first kappa shape index (κ1) is 18.2. The summed E-state index contributed by atoms with van der Waals surface area (Å²) in [5.74, 6) is 0.0511. The molecule has 0 aliphatic rings. The number of aryl methyl sites for hydroxylation is 1. The molecule has 0 fully saturated rings. The zero-order valence-corrected chi connectivity index (χ0v) is 15.0. The number of rotatable bonds is 8. The van der Waals surface area contributed by atoms with Crippen molar-refractivity contribution in [2.24, 2.45) is 5.92 Å². The van der Waals surface area contributed by atoms with E-state index in [2.05, 4.69) is 16.0 Å². The van der Waals surface area contributed by atoms with E-state index in [-0.39, 0.29) is 17.7 Å². The van der Waals surface area contributed by atoms with Gasteiger partial charge in [0.05, 0.1) is 0 Å². The predicted octanol–water partition coefficient (Wildman–Crippen LogP) is 3.98. The second-order valence-electron chi connectivity index (χ2n) is 5.91. The highest BCUT2D eigenvalue weighted by atomic mass is 32.1. The Bertz CT molecular complexity index is 668. The Balaban J connectivity index is 1.81. The van der Waals surface area contributed by atoms with Gasteiger partial charge in [-0.2, -0.15) is 11.3 Å². The molecule has 0 aliphatic carbocycles. The number of carbonyl (C=O) groups excluding carboxylic acids is 2. The molecule has 2 amide bonds. The van der Waals surface area contributed by atoms with Crippen molar-refractivity contribution >= 4 is 28.8 Å². The first-order valence-electron chi connectivity index (χ1n) is 8.26. The van der Waals surface area contributed by atoms with Gasteiger partial charge >= 0.3 is 0 Å². The molecule has 5 heteroatoms. The second-order valence-corrected chi connectivity index (χ2v) is 6.69. The third kappa shape index (κ3) is 5.81. The predicted molar refractivity (Wildman–Crippen MR) is 99.0 cm³/mol. The standard InChI is InChI=1S/C19H24N2O2S/c1-3-14(2)19(23)21-17-6-4-5-16(11-17)12-20-18(22)8-7-15-9-10-24-13-15/h4-6,9-11,13-14H,3,7-8,12H2,1-2H3,(H,20,22)(H,21,23). The Hall–Kier alpha value is -2.14. The molecule has 1 aromatic carbocycles. The van der Waals surface area contributed by atoms with E-state index < -0.39 is 0 Å². The Morgan fingerprint density at radius 1 is 1.21 bits per heavy atom. The molecule has 0 radical (unpaired) electrons. The first-order chi connectivity index (χ1) is 11.6. The molecule has 2 aromatic rings. The van der Waals surface area contributed by atoms with Crippen molar-refractivity contribution < 1.29 is 9.59 Å². The Kier molecular flexibility index (Phi) is 7.00. The molecule has 0 saturated carbocycles. The average Bonchev–Trinajstić information content (AvgIpc) is 3.11. The second kappa shape index (κ2) is 9.23. The van der Waals surface area contributed by atoms with E-state index in [1.165, 1.54) is 5.56 Å². The van der Waals surface area contributed by atoms with Crippen LogP contribution in [-0.2, 0) is 22.6 Å². The number of hydrogen-bond donors (Lipinski definition) is 2. The van der Waals surface area contributed by atoms with E-state index in [0.29, 0.717) is 13.0 Å². The molecule has 1 unspecified atom stereocenters. The quantitative estimate of drug-likeness (QED) is 0.761. The van der Waals surface area contributed by atoms with Gasteiger partial charge in [-0.05, 0) is 52.9 Å². The van der Waals surface area contributed by atoms with E-state index in [1.807, 2.05) is 49.6 Å². The third-order valence-electron chi connectivity index (χ3n) is 3.96. The van der Waals surface area contributed by atoms with Gasteiger partial charge in [0.2, 0.25) is 11.8 Å². The molecule has 0 aliphatic heterocycles. The highest BCUT2D eigenvalue weighted by Gasteiger charge is 2.10. The molecular formula is C19H24N2O2S. The summed E-state index contributed by atoms with van der Waals surface area (Å²) in [7, 11) is 0. The summed E-state index contributed by atoms with van der Waals surface area (Å²) in [6, 6.07) is 9.64. The largest absolute Gasteiger partial charge is 0.352 e. The van der Waals surface area contributed by atoms with Crippen LogP contribution in [-0.4, -0.2) is 11.8 Å². The molecule has 1 atom stereocenters. The van der Waals surface area contributed by atoms with Gasteiger partial charge in [0.15, 0.2) is 0 Å². The van der Waals surface area contributed by atoms with Crippen molar-refractivity contribution in [2.45, 2.75) is 39.7 Å². The van der Waals surface area contributed by atoms with Gasteiger partial charge in [-0.3, -0.25) is 9.59 Å². The number of anilines is 1. The molecule has 4 nitrogen and oxygen atoms in total. The molecule has 2 rings (SSSR count). The minimum atomic E-state index is -0.00883. The number of nitrogens with one attached hydrogen (secondary N) is 2. The summed E-state index contributed by atoms with van der Waals surface area (Å²) in [5.41, 5.74) is 2.94. The minimum absolute atomic E-state index is 0.00883. The summed E-state index contributed by atoms with van der Waals surface area (Å²) in [6.45, 7) is 4.37. The van der Waals surface area contributed by atoms with Crippen molar-refractivity contribution in [1.29, 1.82) is 0 Å². The van der Waals surface area contributed by atoms with Crippen LogP contribution in [0.5, 0.6) is 0 Å². The average molecular weight is 344 g/mol. The molecule has 128 valence electrons. The summed E-state index contributed by atoms with van der Waals surface area (Å²) < 4.78 is 0. The monoisotopic (exact) mass is 344 g/mol. The van der Waals surface area contributed by atoms with E-state index in [4.69, 9.17) is 0 Å². The molecule has 1 heterocycles. The molecule has 0 spiro atoms. The van der Waals surface area contributed by atoms with E-state index in [9.17, 15) is 9.59 Å². The Labute approximate surface area is 147 Å². The lowest BCUT2D eigenvalue weighted by molar-refractivity contribution is -0.121. The Morgan fingerprint density at radius 3 is 2.75 bits per heavy atom. The van der Waals surface area contributed by atoms with Crippen molar-refractivity contribution in [1.82, 2.24) is 5.32 Å². The fourth-order valence-corrected chi connectivity index (χ4v) is 2.89. The number of amides is 2. The smallest absolute Gasteiger partial charge is 0.227 e. The van der Waals surface area contributed by atoms with Crippen molar-refractivity contribution in [3.05, 3.63) is 52.2 Å². The first-order valence-corrected chi connectivity index (χ1v) is 9.20. The summed E-state index contributed by atoms with van der Waals surface area (Å²) in [6.07, 6.45) is 2.06. The van der Waals surface area contributed by atoms with E-state index in [1.54, 1.807) is 11.3 Å². The van der Waals surface area contributed by atoms with E-state index in [0.717, 1.165) is 24.1 Å². The van der Waals surface area contributed by atoms with Gasteiger partial charge < -0.3 is 10.6 Å². The Morgan fingerprint density at radius 2 is 2.04 bits per heavy atom. The van der Waals surface area contributed by atoms with Crippen LogP contribution in [0.25, 0.3) is 0 Å². The van der Waals surface area contributed by atoms with Gasteiger partial charge in [-0.1, -0.05) is 26.0 Å². The molecule has 0 bridgehead atoms. The van der Waals surface area contributed by atoms with Gasteiger partial charge in [-0.15, -0.1) is 0 Å². The number of benzene rings is 1.